The fourth-order valence-electron chi connectivity index (χ4n) is 4.37. The van der Waals surface area contributed by atoms with Gasteiger partial charge in [0, 0.05) is 12.1 Å². The second kappa shape index (κ2) is 7.42. The van der Waals surface area contributed by atoms with Crippen LogP contribution in [0.2, 0.25) is 0 Å². The second-order valence-electron chi connectivity index (χ2n) is 8.31. The highest BCUT2D eigenvalue weighted by atomic mass is 16.5. The zero-order chi connectivity index (χ0) is 22.5. The van der Waals surface area contributed by atoms with E-state index < -0.39 is 0 Å². The van der Waals surface area contributed by atoms with Gasteiger partial charge in [0.25, 0.3) is 0 Å². The molecule has 0 N–H and O–H groups in total. The third-order valence-corrected chi connectivity index (χ3v) is 6.10. The Morgan fingerprint density at radius 1 is 0.382 bits per heavy atom. The first kappa shape index (κ1) is 18.8. The Labute approximate surface area is 196 Å². The average molecular weight is 438 g/mol. The van der Waals surface area contributed by atoms with Gasteiger partial charge in [-0.25, -0.2) is 9.98 Å². The molecular weight excluding hydrogens is 420 g/mol. The number of ether oxygens (including phenoxy) is 2. The zero-order valence-corrected chi connectivity index (χ0v) is 18.1. The standard InChI is InChI=1S/C30H18N2O2/c1-3-7-19(8-4-1)21-11-13-23-27(15-21)33-29-17-26-30(18-25(29)31-23)34-28-16-22(12-14-24(28)32-26)20-9-5-2-6-10-20/h1-18H. The van der Waals surface area contributed by atoms with Crippen LogP contribution in [0.5, 0.6) is 23.0 Å². The molecule has 0 saturated carbocycles. The lowest BCUT2D eigenvalue weighted by molar-refractivity contribution is 0.451. The SMILES string of the molecule is c1ccc(-c2ccc3c(c2)Oc2cc4c(cc2=N3)Oc2cc(-c3ccccc3)ccc2N=4)cc1. The highest BCUT2D eigenvalue weighted by Gasteiger charge is 2.19. The number of hydrogen-bond acceptors (Lipinski definition) is 4. The lowest BCUT2D eigenvalue weighted by Crippen LogP contribution is -2.18. The molecule has 2 aliphatic rings. The molecule has 0 fully saturated rings. The molecule has 0 atom stereocenters. The highest BCUT2D eigenvalue weighted by molar-refractivity contribution is 5.72. The Bertz CT molecular complexity index is 1570. The van der Waals surface area contributed by atoms with Crippen molar-refractivity contribution >= 4 is 11.4 Å². The largest absolute Gasteiger partial charge is 0.453 e. The van der Waals surface area contributed by atoms with Gasteiger partial charge in [-0.15, -0.1) is 0 Å². The minimum Gasteiger partial charge on any atom is -0.453 e. The Morgan fingerprint density at radius 2 is 0.824 bits per heavy atom. The molecule has 0 aliphatic carbocycles. The van der Waals surface area contributed by atoms with Gasteiger partial charge in [0.15, 0.2) is 23.0 Å². The quantitative estimate of drug-likeness (QED) is 0.288. The van der Waals surface area contributed by atoms with E-state index in [1.807, 2.05) is 72.8 Å². The second-order valence-corrected chi connectivity index (χ2v) is 8.31. The molecule has 0 saturated heterocycles. The Hall–Kier alpha value is -4.70. The van der Waals surface area contributed by atoms with Crippen molar-refractivity contribution in [1.29, 1.82) is 0 Å². The van der Waals surface area contributed by atoms with Gasteiger partial charge in [0.05, 0.1) is 0 Å². The summed E-state index contributed by atoms with van der Waals surface area (Å²) in [6.45, 7) is 0. The van der Waals surface area contributed by atoms with Crippen LogP contribution in [0.15, 0.2) is 119 Å². The molecule has 0 bridgehead atoms. The van der Waals surface area contributed by atoms with Crippen LogP contribution in [0.4, 0.5) is 11.4 Å². The van der Waals surface area contributed by atoms with Crippen molar-refractivity contribution in [3.63, 3.8) is 0 Å². The van der Waals surface area contributed by atoms with Crippen molar-refractivity contribution in [1.82, 2.24) is 0 Å². The zero-order valence-electron chi connectivity index (χ0n) is 18.1. The summed E-state index contributed by atoms with van der Waals surface area (Å²) in [5, 5.41) is 1.47. The van der Waals surface area contributed by atoms with E-state index in [9.17, 15) is 0 Å². The van der Waals surface area contributed by atoms with Gasteiger partial charge in [-0.1, -0.05) is 72.8 Å². The van der Waals surface area contributed by atoms with Crippen LogP contribution >= 0.6 is 0 Å². The molecule has 0 unspecified atom stereocenters. The van der Waals surface area contributed by atoms with E-state index >= 15 is 0 Å². The molecule has 0 radical (unpaired) electrons. The Balaban J connectivity index is 1.28. The van der Waals surface area contributed by atoms with Crippen molar-refractivity contribution in [3.8, 4) is 45.3 Å². The third kappa shape index (κ3) is 3.16. The van der Waals surface area contributed by atoms with E-state index in [1.54, 1.807) is 0 Å². The summed E-state index contributed by atoms with van der Waals surface area (Å²) in [5.41, 5.74) is 6.05. The van der Waals surface area contributed by atoms with Gasteiger partial charge in [0.1, 0.15) is 22.1 Å². The monoisotopic (exact) mass is 438 g/mol. The molecule has 5 aromatic rings. The topological polar surface area (TPSA) is 43.2 Å². The van der Waals surface area contributed by atoms with Crippen LogP contribution in [0.25, 0.3) is 22.3 Å². The summed E-state index contributed by atoms with van der Waals surface area (Å²) in [6, 6.07) is 36.5. The number of rotatable bonds is 2. The van der Waals surface area contributed by atoms with Gasteiger partial charge in [0.2, 0.25) is 0 Å². The Morgan fingerprint density at radius 3 is 1.26 bits per heavy atom. The number of benzene rings is 5. The lowest BCUT2D eigenvalue weighted by atomic mass is 10.0. The molecule has 4 nitrogen and oxygen atoms in total. The van der Waals surface area contributed by atoms with Crippen LogP contribution in [0, 0.1) is 0 Å². The van der Waals surface area contributed by atoms with Crippen molar-refractivity contribution in [2.24, 2.45) is 9.98 Å². The third-order valence-electron chi connectivity index (χ3n) is 6.10. The molecule has 0 spiro atoms. The summed E-state index contributed by atoms with van der Waals surface area (Å²) in [5.74, 6) is 2.82. The molecule has 7 rings (SSSR count). The first-order chi connectivity index (χ1) is 16.8. The predicted molar refractivity (Wildman–Crippen MR) is 132 cm³/mol. The first-order valence-electron chi connectivity index (χ1n) is 11.2. The Kier molecular flexibility index (Phi) is 4.11. The molecule has 2 heterocycles. The normalized spacial score (nSPS) is 12.5. The molecular formula is C30H18N2O2. The first-order valence-corrected chi connectivity index (χ1v) is 11.2. The van der Waals surface area contributed by atoms with E-state index in [1.165, 1.54) is 0 Å². The van der Waals surface area contributed by atoms with Gasteiger partial charge < -0.3 is 9.47 Å². The minimum atomic E-state index is 0.674. The predicted octanol–water partition coefficient (Wildman–Crippen LogP) is 7.13. The van der Waals surface area contributed by atoms with Crippen LogP contribution < -0.4 is 20.2 Å². The van der Waals surface area contributed by atoms with Gasteiger partial charge in [-0.2, -0.15) is 0 Å². The lowest BCUT2D eigenvalue weighted by Gasteiger charge is -2.19. The molecule has 5 aromatic carbocycles. The maximum absolute atomic E-state index is 6.26. The van der Waals surface area contributed by atoms with Crippen molar-refractivity contribution in [2.45, 2.75) is 0 Å². The molecule has 160 valence electrons. The van der Waals surface area contributed by atoms with Crippen molar-refractivity contribution < 1.29 is 9.47 Å². The van der Waals surface area contributed by atoms with Crippen molar-refractivity contribution in [2.75, 3.05) is 0 Å². The maximum atomic E-state index is 6.26. The van der Waals surface area contributed by atoms with E-state index in [-0.39, 0.29) is 0 Å². The molecule has 34 heavy (non-hydrogen) atoms. The van der Waals surface area contributed by atoms with Gasteiger partial charge in [-0.05, 0) is 46.5 Å². The van der Waals surface area contributed by atoms with E-state index in [0.29, 0.717) is 11.5 Å². The van der Waals surface area contributed by atoms with Crippen molar-refractivity contribution in [3.05, 3.63) is 120 Å². The fourth-order valence-corrected chi connectivity index (χ4v) is 4.37. The summed E-state index contributed by atoms with van der Waals surface area (Å²) >= 11 is 0. The maximum Gasteiger partial charge on any atom is 0.155 e. The van der Waals surface area contributed by atoms with Crippen LogP contribution in [-0.2, 0) is 0 Å². The fraction of sp³-hybridized carbons (Fsp3) is 0. The summed E-state index contributed by atoms with van der Waals surface area (Å²) in [6.07, 6.45) is 0. The highest BCUT2D eigenvalue weighted by Crippen LogP contribution is 2.40. The van der Waals surface area contributed by atoms with E-state index in [4.69, 9.17) is 19.5 Å². The molecule has 0 amide bonds. The molecule has 0 aromatic heterocycles. The number of nitrogens with zero attached hydrogens (tertiary/aromatic N) is 2. The summed E-state index contributed by atoms with van der Waals surface area (Å²) < 4.78 is 12.5. The van der Waals surface area contributed by atoms with Crippen LogP contribution in [0.3, 0.4) is 0 Å². The number of hydrogen-bond donors (Lipinski definition) is 0. The van der Waals surface area contributed by atoms with E-state index in [0.717, 1.165) is 55.8 Å². The smallest absolute Gasteiger partial charge is 0.155 e. The summed E-state index contributed by atoms with van der Waals surface area (Å²) in [4.78, 5) is 9.65. The average Bonchev–Trinajstić information content (AvgIpc) is 2.90. The number of fused-ring (bicyclic) bond motifs is 4. The van der Waals surface area contributed by atoms with Crippen LogP contribution in [0.1, 0.15) is 0 Å². The summed E-state index contributed by atoms with van der Waals surface area (Å²) in [7, 11) is 0. The van der Waals surface area contributed by atoms with Gasteiger partial charge >= 0.3 is 0 Å². The molecule has 4 heteroatoms. The van der Waals surface area contributed by atoms with Crippen LogP contribution in [-0.4, -0.2) is 0 Å². The van der Waals surface area contributed by atoms with E-state index in [2.05, 4.69) is 36.4 Å². The minimum absolute atomic E-state index is 0.674. The molecule has 2 aliphatic heterocycles. The van der Waals surface area contributed by atoms with Gasteiger partial charge in [-0.3, -0.25) is 0 Å².